The van der Waals surface area contributed by atoms with E-state index < -0.39 is 0 Å². The first-order chi connectivity index (χ1) is 11.0. The van der Waals surface area contributed by atoms with Crippen LogP contribution in [-0.2, 0) is 4.79 Å². The van der Waals surface area contributed by atoms with Crippen LogP contribution in [0.5, 0.6) is 0 Å². The van der Waals surface area contributed by atoms with Crippen molar-refractivity contribution in [3.63, 3.8) is 0 Å². The van der Waals surface area contributed by atoms with E-state index in [1.165, 1.54) is 0 Å². The lowest BCUT2D eigenvalue weighted by molar-refractivity contribution is -0.118. The van der Waals surface area contributed by atoms with Crippen molar-refractivity contribution in [1.29, 1.82) is 0 Å². The molecule has 2 aromatic heterocycles. The highest BCUT2D eigenvalue weighted by Gasteiger charge is 2.23. The number of fused-ring (bicyclic) bond motifs is 1. The van der Waals surface area contributed by atoms with E-state index >= 15 is 0 Å². The highest BCUT2D eigenvalue weighted by molar-refractivity contribution is 5.73. The molecule has 2 N–H and O–H groups in total. The third kappa shape index (κ3) is 3.43. The number of piperidine rings is 1. The molecular weight excluding hydrogens is 292 g/mol. The summed E-state index contributed by atoms with van der Waals surface area (Å²) in [6, 6.07) is 2.13. The first kappa shape index (κ1) is 15.7. The van der Waals surface area contributed by atoms with E-state index in [4.69, 9.17) is 5.73 Å². The van der Waals surface area contributed by atoms with Gasteiger partial charge in [0.25, 0.3) is 0 Å². The Kier molecular flexibility index (Phi) is 4.45. The first-order valence-corrected chi connectivity index (χ1v) is 8.29. The maximum atomic E-state index is 11.0. The van der Waals surface area contributed by atoms with Crippen molar-refractivity contribution < 1.29 is 4.79 Å². The van der Waals surface area contributed by atoms with Crippen LogP contribution < -0.4 is 10.6 Å². The summed E-state index contributed by atoms with van der Waals surface area (Å²) in [4.78, 5) is 13.4. The van der Waals surface area contributed by atoms with Crippen LogP contribution in [0.15, 0.2) is 12.4 Å². The molecule has 2 aromatic rings. The number of nitrogens with zero attached hydrogens (tertiary/aromatic N) is 5. The zero-order chi connectivity index (χ0) is 16.4. The van der Waals surface area contributed by atoms with Crippen molar-refractivity contribution in [3.8, 4) is 0 Å². The van der Waals surface area contributed by atoms with Gasteiger partial charge in [-0.25, -0.2) is 0 Å². The zero-order valence-corrected chi connectivity index (χ0v) is 13.8. The van der Waals surface area contributed by atoms with Gasteiger partial charge in [0.05, 0.1) is 11.4 Å². The molecule has 7 heteroatoms. The second kappa shape index (κ2) is 6.52. The molecule has 1 aliphatic rings. The fourth-order valence-electron chi connectivity index (χ4n) is 3.21. The molecule has 23 heavy (non-hydrogen) atoms. The lowest BCUT2D eigenvalue weighted by atomic mass is 9.93. The van der Waals surface area contributed by atoms with Crippen molar-refractivity contribution in [2.24, 2.45) is 11.7 Å². The summed E-state index contributed by atoms with van der Waals surface area (Å²) in [6.45, 7) is 6.19. The molecule has 0 aliphatic carbocycles. The van der Waals surface area contributed by atoms with E-state index in [2.05, 4.69) is 40.1 Å². The molecule has 1 unspecified atom stereocenters. The number of hydrogen-bond donors (Lipinski definition) is 1. The summed E-state index contributed by atoms with van der Waals surface area (Å²) in [5, 5.41) is 12.8. The van der Waals surface area contributed by atoms with Crippen molar-refractivity contribution in [2.45, 2.75) is 45.4 Å². The average Bonchev–Trinajstić information content (AvgIpc) is 3.00. The topological polar surface area (TPSA) is 89.4 Å². The van der Waals surface area contributed by atoms with Gasteiger partial charge >= 0.3 is 0 Å². The third-order valence-electron chi connectivity index (χ3n) is 4.52. The normalized spacial score (nSPS) is 18.7. The lowest BCUT2D eigenvalue weighted by Gasteiger charge is -2.34. The first-order valence-electron chi connectivity index (χ1n) is 8.29. The molecule has 1 atom stereocenters. The Labute approximate surface area is 135 Å². The molecule has 0 bridgehead atoms. The van der Waals surface area contributed by atoms with Crippen LogP contribution in [0.25, 0.3) is 5.65 Å². The minimum absolute atomic E-state index is 0.215. The number of primary amides is 1. The number of aromatic nitrogens is 4. The molecule has 1 fully saturated rings. The van der Waals surface area contributed by atoms with Crippen LogP contribution in [-0.4, -0.2) is 38.8 Å². The number of rotatable bonds is 5. The molecule has 1 aliphatic heterocycles. The molecular formula is C16H24N6O. The van der Waals surface area contributed by atoms with Crippen LogP contribution >= 0.6 is 0 Å². The van der Waals surface area contributed by atoms with Gasteiger partial charge in [0.1, 0.15) is 6.33 Å². The Balaban J connectivity index is 1.86. The van der Waals surface area contributed by atoms with E-state index in [9.17, 15) is 4.79 Å². The monoisotopic (exact) mass is 316 g/mol. The zero-order valence-electron chi connectivity index (χ0n) is 13.8. The SMILES string of the molecule is CC(C)c1cc(N2CCCC(CCC(N)=O)C2)c2nncn2n1. The maximum absolute atomic E-state index is 11.0. The third-order valence-corrected chi connectivity index (χ3v) is 4.52. The molecule has 3 heterocycles. The second-order valence-electron chi connectivity index (χ2n) is 6.67. The van der Waals surface area contributed by atoms with Crippen molar-refractivity contribution in [1.82, 2.24) is 19.8 Å². The van der Waals surface area contributed by atoms with Crippen LogP contribution in [0.2, 0.25) is 0 Å². The van der Waals surface area contributed by atoms with Gasteiger partial charge in [0.15, 0.2) is 0 Å². The van der Waals surface area contributed by atoms with Crippen molar-refractivity contribution in [2.75, 3.05) is 18.0 Å². The van der Waals surface area contributed by atoms with E-state index in [0.29, 0.717) is 18.3 Å². The standard InChI is InChI=1S/C16H24N6O/c1-11(2)13-8-14(16-19-18-10-22(16)20-13)21-7-3-4-12(9-21)5-6-15(17)23/h8,10-12H,3-7,9H2,1-2H3,(H2,17,23). The van der Waals surface area contributed by atoms with Gasteiger partial charge in [0.2, 0.25) is 11.6 Å². The fraction of sp³-hybridized carbons (Fsp3) is 0.625. The van der Waals surface area contributed by atoms with Gasteiger partial charge in [0, 0.05) is 19.5 Å². The highest BCUT2D eigenvalue weighted by Crippen LogP contribution is 2.29. The Morgan fingerprint density at radius 1 is 1.48 bits per heavy atom. The van der Waals surface area contributed by atoms with E-state index in [1.807, 2.05) is 0 Å². The van der Waals surface area contributed by atoms with Gasteiger partial charge in [-0.2, -0.15) is 9.61 Å². The van der Waals surface area contributed by atoms with Gasteiger partial charge in [-0.3, -0.25) is 4.79 Å². The summed E-state index contributed by atoms with van der Waals surface area (Å²) in [6.07, 6.45) is 5.24. The number of carbonyl (C=O) groups excluding carboxylic acids is 1. The summed E-state index contributed by atoms with van der Waals surface area (Å²) < 4.78 is 1.76. The molecule has 0 saturated carbocycles. The van der Waals surface area contributed by atoms with Gasteiger partial charge in [-0.05, 0) is 37.2 Å². The minimum atomic E-state index is -0.215. The molecule has 0 radical (unpaired) electrons. The van der Waals surface area contributed by atoms with Crippen LogP contribution in [0.3, 0.4) is 0 Å². The maximum Gasteiger partial charge on any atom is 0.217 e. The van der Waals surface area contributed by atoms with Crippen molar-refractivity contribution in [3.05, 3.63) is 18.1 Å². The predicted molar refractivity (Wildman–Crippen MR) is 88.2 cm³/mol. The number of hydrogen-bond acceptors (Lipinski definition) is 5. The van der Waals surface area contributed by atoms with E-state index in [0.717, 1.165) is 49.4 Å². The van der Waals surface area contributed by atoms with E-state index in [-0.39, 0.29) is 5.91 Å². The molecule has 3 rings (SSSR count). The summed E-state index contributed by atoms with van der Waals surface area (Å²) in [7, 11) is 0. The summed E-state index contributed by atoms with van der Waals surface area (Å²) in [5.74, 6) is 0.624. The van der Waals surface area contributed by atoms with Crippen LogP contribution in [0.4, 0.5) is 5.69 Å². The molecule has 1 saturated heterocycles. The van der Waals surface area contributed by atoms with Gasteiger partial charge in [-0.1, -0.05) is 13.8 Å². The number of amides is 1. The lowest BCUT2D eigenvalue weighted by Crippen LogP contribution is -2.36. The number of carbonyl (C=O) groups is 1. The molecule has 124 valence electrons. The summed E-state index contributed by atoms with van der Waals surface area (Å²) in [5.41, 5.74) is 8.20. The van der Waals surface area contributed by atoms with Gasteiger partial charge in [-0.15, -0.1) is 10.2 Å². The highest BCUT2D eigenvalue weighted by atomic mass is 16.1. The van der Waals surface area contributed by atoms with Crippen LogP contribution in [0, 0.1) is 5.92 Å². The van der Waals surface area contributed by atoms with Crippen molar-refractivity contribution >= 4 is 17.2 Å². The Bertz CT molecular complexity index is 695. The average molecular weight is 316 g/mol. The Morgan fingerprint density at radius 3 is 3.04 bits per heavy atom. The van der Waals surface area contributed by atoms with Gasteiger partial charge < -0.3 is 10.6 Å². The fourth-order valence-corrected chi connectivity index (χ4v) is 3.21. The largest absolute Gasteiger partial charge is 0.370 e. The molecule has 0 spiro atoms. The van der Waals surface area contributed by atoms with E-state index in [1.54, 1.807) is 10.8 Å². The predicted octanol–water partition coefficient (Wildman–Crippen LogP) is 1.73. The van der Waals surface area contributed by atoms with Crippen LogP contribution in [0.1, 0.15) is 51.1 Å². The quantitative estimate of drug-likeness (QED) is 0.907. The number of nitrogens with two attached hydrogens (primary N) is 1. The Morgan fingerprint density at radius 2 is 2.30 bits per heavy atom. The second-order valence-corrected chi connectivity index (χ2v) is 6.67. The number of anilines is 1. The minimum Gasteiger partial charge on any atom is -0.370 e. The molecule has 0 aromatic carbocycles. The molecule has 1 amide bonds. The smallest absolute Gasteiger partial charge is 0.217 e. The molecule has 7 nitrogen and oxygen atoms in total. The summed E-state index contributed by atoms with van der Waals surface area (Å²) >= 11 is 0. The Hall–Kier alpha value is -2.18.